The molecular weight excluding hydrogens is 278 g/mol. The van der Waals surface area contributed by atoms with E-state index in [4.69, 9.17) is 4.74 Å². The fraction of sp³-hybridized carbons (Fsp3) is 0.647. The molecule has 1 saturated carbocycles. The molecule has 1 saturated heterocycles. The first kappa shape index (κ1) is 15.3. The van der Waals surface area contributed by atoms with E-state index in [1.807, 2.05) is 0 Å². The average Bonchev–Trinajstić information content (AvgIpc) is 3.23. The second-order valence-electron chi connectivity index (χ2n) is 6.38. The number of nitrogens with one attached hydrogen (secondary N) is 1. The smallest absolute Gasteiger partial charge is 0.270 e. The number of pyridine rings is 1. The van der Waals surface area contributed by atoms with Crippen molar-refractivity contribution in [3.05, 3.63) is 24.0 Å². The Labute approximate surface area is 132 Å². The van der Waals surface area contributed by atoms with Crippen LogP contribution < -0.4 is 10.1 Å². The first-order valence-corrected chi connectivity index (χ1v) is 8.28. The van der Waals surface area contributed by atoms with Gasteiger partial charge in [-0.05, 0) is 37.8 Å². The van der Waals surface area contributed by atoms with Crippen molar-refractivity contribution in [2.24, 2.45) is 5.92 Å². The van der Waals surface area contributed by atoms with Gasteiger partial charge in [0.1, 0.15) is 11.4 Å². The van der Waals surface area contributed by atoms with Crippen LogP contribution in [0.2, 0.25) is 0 Å². The van der Waals surface area contributed by atoms with Crippen LogP contribution in [0.3, 0.4) is 0 Å². The van der Waals surface area contributed by atoms with E-state index >= 15 is 0 Å². The number of rotatable bonds is 5. The van der Waals surface area contributed by atoms with Crippen molar-refractivity contribution in [3.8, 4) is 5.75 Å². The van der Waals surface area contributed by atoms with E-state index in [0.29, 0.717) is 17.4 Å². The van der Waals surface area contributed by atoms with Crippen molar-refractivity contribution in [1.82, 2.24) is 15.2 Å². The summed E-state index contributed by atoms with van der Waals surface area (Å²) < 4.78 is 5.13. The summed E-state index contributed by atoms with van der Waals surface area (Å²) in [6.45, 7) is 3.04. The van der Waals surface area contributed by atoms with Gasteiger partial charge in [0.05, 0.1) is 7.11 Å². The number of carbonyl (C=O) groups excluding carboxylic acids is 1. The van der Waals surface area contributed by atoms with Gasteiger partial charge in [0.2, 0.25) is 0 Å². The van der Waals surface area contributed by atoms with Crippen LogP contribution in [0.5, 0.6) is 5.75 Å². The van der Waals surface area contributed by atoms with Crippen LogP contribution in [-0.2, 0) is 0 Å². The average molecular weight is 303 g/mol. The Bertz CT molecular complexity index is 514. The van der Waals surface area contributed by atoms with E-state index in [1.165, 1.54) is 38.6 Å². The molecule has 22 heavy (non-hydrogen) atoms. The minimum absolute atomic E-state index is 0.113. The molecule has 2 fully saturated rings. The number of amides is 1. The van der Waals surface area contributed by atoms with Crippen molar-refractivity contribution in [2.75, 3.05) is 26.7 Å². The molecule has 2 aliphatic rings. The van der Waals surface area contributed by atoms with Crippen LogP contribution in [-0.4, -0.2) is 48.6 Å². The molecule has 2 heterocycles. The highest BCUT2D eigenvalue weighted by molar-refractivity contribution is 5.92. The molecule has 1 amide bonds. The molecule has 0 radical (unpaired) electrons. The number of hydrogen-bond acceptors (Lipinski definition) is 4. The van der Waals surface area contributed by atoms with Crippen LogP contribution in [0.4, 0.5) is 0 Å². The van der Waals surface area contributed by atoms with Crippen LogP contribution in [0.25, 0.3) is 0 Å². The number of methoxy groups -OCH3 is 1. The SMILES string of the molecule is COc1ccnc(C(=O)NC[C@H]2CCN(C3CCCC3)C2)c1. The normalized spacial score (nSPS) is 22.9. The number of nitrogens with zero attached hydrogens (tertiary/aromatic N) is 2. The molecule has 1 aliphatic carbocycles. The number of ether oxygens (including phenoxy) is 1. The summed E-state index contributed by atoms with van der Waals surface area (Å²) in [5, 5.41) is 3.02. The van der Waals surface area contributed by atoms with Crippen LogP contribution in [0.1, 0.15) is 42.6 Å². The second kappa shape index (κ2) is 7.09. The standard InChI is InChI=1S/C17H25N3O2/c1-22-15-6-8-18-16(10-15)17(21)19-11-13-7-9-20(12-13)14-4-2-3-5-14/h6,8,10,13-14H,2-5,7,9,11-12H2,1H3,(H,19,21)/t13-/m1/s1. The van der Waals surface area contributed by atoms with Gasteiger partial charge in [-0.3, -0.25) is 9.78 Å². The molecule has 5 heteroatoms. The van der Waals surface area contributed by atoms with Crippen molar-refractivity contribution in [2.45, 2.75) is 38.1 Å². The summed E-state index contributed by atoms with van der Waals surface area (Å²) >= 11 is 0. The molecule has 0 spiro atoms. The first-order valence-electron chi connectivity index (χ1n) is 8.28. The van der Waals surface area contributed by atoms with Crippen molar-refractivity contribution in [1.29, 1.82) is 0 Å². The van der Waals surface area contributed by atoms with E-state index in [9.17, 15) is 4.79 Å². The van der Waals surface area contributed by atoms with E-state index in [0.717, 1.165) is 19.1 Å². The van der Waals surface area contributed by atoms with E-state index in [-0.39, 0.29) is 5.91 Å². The van der Waals surface area contributed by atoms with E-state index in [1.54, 1.807) is 25.4 Å². The van der Waals surface area contributed by atoms with Crippen molar-refractivity contribution >= 4 is 5.91 Å². The highest BCUT2D eigenvalue weighted by atomic mass is 16.5. The topological polar surface area (TPSA) is 54.5 Å². The predicted molar refractivity (Wildman–Crippen MR) is 85.1 cm³/mol. The van der Waals surface area contributed by atoms with Gasteiger partial charge in [0, 0.05) is 31.4 Å². The fourth-order valence-corrected chi connectivity index (χ4v) is 3.62. The lowest BCUT2D eigenvalue weighted by Crippen LogP contribution is -2.34. The number of carbonyl (C=O) groups is 1. The largest absolute Gasteiger partial charge is 0.497 e. The zero-order valence-corrected chi connectivity index (χ0v) is 13.3. The maximum absolute atomic E-state index is 12.2. The summed E-state index contributed by atoms with van der Waals surface area (Å²) in [7, 11) is 1.59. The molecule has 3 rings (SSSR count). The zero-order valence-electron chi connectivity index (χ0n) is 13.3. The quantitative estimate of drug-likeness (QED) is 0.905. The molecule has 1 aliphatic heterocycles. The Morgan fingerprint density at radius 1 is 1.41 bits per heavy atom. The van der Waals surface area contributed by atoms with Gasteiger partial charge in [-0.1, -0.05) is 12.8 Å². The van der Waals surface area contributed by atoms with Gasteiger partial charge < -0.3 is 15.0 Å². The Kier molecular flexibility index (Phi) is 4.93. The highest BCUT2D eigenvalue weighted by Crippen LogP contribution is 2.28. The molecule has 5 nitrogen and oxygen atoms in total. The Hall–Kier alpha value is -1.62. The predicted octanol–water partition coefficient (Wildman–Crippen LogP) is 2.08. The maximum atomic E-state index is 12.2. The Morgan fingerprint density at radius 3 is 3.00 bits per heavy atom. The summed E-state index contributed by atoms with van der Waals surface area (Å²) in [6.07, 6.45) is 8.25. The van der Waals surface area contributed by atoms with Gasteiger partial charge in [0.15, 0.2) is 0 Å². The molecule has 0 bridgehead atoms. The van der Waals surface area contributed by atoms with E-state index in [2.05, 4.69) is 15.2 Å². The molecule has 0 aromatic carbocycles. The van der Waals surface area contributed by atoms with Crippen molar-refractivity contribution < 1.29 is 9.53 Å². The van der Waals surface area contributed by atoms with E-state index < -0.39 is 0 Å². The van der Waals surface area contributed by atoms with Crippen LogP contribution in [0, 0.1) is 5.92 Å². The first-order chi connectivity index (χ1) is 10.8. The molecule has 1 atom stereocenters. The Morgan fingerprint density at radius 2 is 2.23 bits per heavy atom. The highest BCUT2D eigenvalue weighted by Gasteiger charge is 2.29. The van der Waals surface area contributed by atoms with Gasteiger partial charge >= 0.3 is 0 Å². The number of likely N-dealkylation sites (tertiary alicyclic amines) is 1. The molecule has 1 aromatic heterocycles. The van der Waals surface area contributed by atoms with Crippen LogP contribution >= 0.6 is 0 Å². The second-order valence-corrected chi connectivity index (χ2v) is 6.38. The van der Waals surface area contributed by atoms with Crippen molar-refractivity contribution in [3.63, 3.8) is 0 Å². The molecule has 120 valence electrons. The van der Waals surface area contributed by atoms with Crippen LogP contribution in [0.15, 0.2) is 18.3 Å². The summed E-state index contributed by atoms with van der Waals surface area (Å²) in [5.74, 6) is 1.11. The fourth-order valence-electron chi connectivity index (χ4n) is 3.62. The van der Waals surface area contributed by atoms with Gasteiger partial charge in [-0.25, -0.2) is 0 Å². The third-order valence-electron chi connectivity index (χ3n) is 4.91. The third kappa shape index (κ3) is 3.58. The Balaban J connectivity index is 1.47. The summed E-state index contributed by atoms with van der Waals surface area (Å²) in [5.41, 5.74) is 0.421. The summed E-state index contributed by atoms with van der Waals surface area (Å²) in [4.78, 5) is 18.9. The minimum atomic E-state index is -0.113. The summed E-state index contributed by atoms with van der Waals surface area (Å²) in [6, 6.07) is 4.21. The molecule has 1 aromatic rings. The number of aromatic nitrogens is 1. The molecular formula is C17H25N3O2. The minimum Gasteiger partial charge on any atom is -0.497 e. The molecule has 0 unspecified atom stereocenters. The maximum Gasteiger partial charge on any atom is 0.270 e. The lowest BCUT2D eigenvalue weighted by atomic mass is 10.1. The monoisotopic (exact) mass is 303 g/mol. The third-order valence-corrected chi connectivity index (χ3v) is 4.91. The van der Waals surface area contributed by atoms with Gasteiger partial charge in [-0.2, -0.15) is 0 Å². The van der Waals surface area contributed by atoms with Gasteiger partial charge in [-0.15, -0.1) is 0 Å². The zero-order chi connectivity index (χ0) is 15.4. The lowest BCUT2D eigenvalue weighted by Gasteiger charge is -2.23. The van der Waals surface area contributed by atoms with Gasteiger partial charge in [0.25, 0.3) is 5.91 Å². The number of hydrogen-bond donors (Lipinski definition) is 1. The lowest BCUT2D eigenvalue weighted by molar-refractivity contribution is 0.0941. The molecule has 1 N–H and O–H groups in total.